The number of hydrogen-bond donors (Lipinski definition) is 3. The van der Waals surface area contributed by atoms with Crippen LogP contribution in [0.2, 0.25) is 0 Å². The third kappa shape index (κ3) is 6.57. The zero-order chi connectivity index (χ0) is 15.0. The van der Waals surface area contributed by atoms with E-state index in [0.29, 0.717) is 0 Å². The van der Waals surface area contributed by atoms with Gasteiger partial charge < -0.3 is 16.0 Å². The molecule has 0 radical (unpaired) electrons. The summed E-state index contributed by atoms with van der Waals surface area (Å²) < 4.78 is 0. The Morgan fingerprint density at radius 2 is 1.80 bits per heavy atom. The van der Waals surface area contributed by atoms with Crippen LogP contribution < -0.4 is 16.0 Å². The van der Waals surface area contributed by atoms with Crippen molar-refractivity contribution in [1.82, 2.24) is 16.0 Å². The smallest absolute Gasteiger partial charge is 0.191 e. The molecule has 1 aromatic carbocycles. The first-order valence-corrected chi connectivity index (χ1v) is 7.16. The quantitative estimate of drug-likeness (QED) is 0.438. The molecule has 0 spiro atoms. The van der Waals surface area contributed by atoms with Gasteiger partial charge in [0.15, 0.2) is 5.96 Å². The van der Waals surface area contributed by atoms with Crippen LogP contribution in [0.25, 0.3) is 0 Å². The molecule has 0 bridgehead atoms. The highest BCUT2D eigenvalue weighted by atomic mass is 15.2. The van der Waals surface area contributed by atoms with Crippen molar-refractivity contribution in [3.63, 3.8) is 0 Å². The van der Waals surface area contributed by atoms with Crippen molar-refractivity contribution >= 4 is 5.96 Å². The number of nitrogens with one attached hydrogen (secondary N) is 3. The fourth-order valence-corrected chi connectivity index (χ4v) is 1.83. The van der Waals surface area contributed by atoms with E-state index in [4.69, 9.17) is 0 Å². The van der Waals surface area contributed by atoms with Crippen LogP contribution in [0, 0.1) is 6.92 Å². The molecule has 0 aliphatic rings. The number of aryl methyl sites for hydroxylation is 1. The molecule has 0 aliphatic carbocycles. The number of guanidine groups is 1. The SMILES string of the molecule is CN=C(NCCNC(C)(C)C)NCc1ccccc1C. The molecule has 1 aromatic rings. The van der Waals surface area contributed by atoms with Crippen molar-refractivity contribution < 1.29 is 0 Å². The van der Waals surface area contributed by atoms with Crippen LogP contribution in [0.4, 0.5) is 0 Å². The predicted molar refractivity (Wildman–Crippen MR) is 87.1 cm³/mol. The van der Waals surface area contributed by atoms with Crippen LogP contribution in [0.5, 0.6) is 0 Å². The predicted octanol–water partition coefficient (Wildman–Crippen LogP) is 2.05. The first-order chi connectivity index (χ1) is 9.42. The van der Waals surface area contributed by atoms with Gasteiger partial charge in [-0.3, -0.25) is 4.99 Å². The highest BCUT2D eigenvalue weighted by Gasteiger charge is 2.07. The molecule has 0 fully saturated rings. The second-order valence-corrected chi connectivity index (χ2v) is 5.96. The third-order valence-electron chi connectivity index (χ3n) is 3.00. The van der Waals surface area contributed by atoms with Gasteiger partial charge in [-0.25, -0.2) is 0 Å². The van der Waals surface area contributed by atoms with Gasteiger partial charge in [-0.05, 0) is 38.8 Å². The van der Waals surface area contributed by atoms with Gasteiger partial charge in [0.1, 0.15) is 0 Å². The van der Waals surface area contributed by atoms with E-state index in [1.807, 2.05) is 0 Å². The molecular formula is C16H28N4. The Labute approximate surface area is 123 Å². The molecule has 0 atom stereocenters. The molecule has 3 N–H and O–H groups in total. The van der Waals surface area contributed by atoms with Crippen molar-refractivity contribution in [2.45, 2.75) is 39.8 Å². The zero-order valence-corrected chi connectivity index (χ0v) is 13.4. The maximum atomic E-state index is 4.23. The topological polar surface area (TPSA) is 48.5 Å². The maximum Gasteiger partial charge on any atom is 0.191 e. The summed E-state index contributed by atoms with van der Waals surface area (Å²) in [4.78, 5) is 4.23. The molecule has 0 saturated carbocycles. The molecule has 0 heterocycles. The van der Waals surface area contributed by atoms with Gasteiger partial charge in [0.2, 0.25) is 0 Å². The van der Waals surface area contributed by atoms with Gasteiger partial charge in [-0.1, -0.05) is 24.3 Å². The number of hydrogen-bond acceptors (Lipinski definition) is 2. The van der Waals surface area contributed by atoms with E-state index >= 15 is 0 Å². The van der Waals surface area contributed by atoms with Gasteiger partial charge >= 0.3 is 0 Å². The molecule has 1 rings (SSSR count). The number of rotatable bonds is 5. The van der Waals surface area contributed by atoms with Crippen molar-refractivity contribution in [2.75, 3.05) is 20.1 Å². The molecule has 0 unspecified atom stereocenters. The van der Waals surface area contributed by atoms with Crippen LogP contribution in [0.15, 0.2) is 29.3 Å². The van der Waals surface area contributed by atoms with Gasteiger partial charge in [0.05, 0.1) is 0 Å². The summed E-state index contributed by atoms with van der Waals surface area (Å²) in [7, 11) is 1.80. The molecule has 112 valence electrons. The average Bonchev–Trinajstić information content (AvgIpc) is 2.38. The Balaban J connectivity index is 2.32. The summed E-state index contributed by atoms with van der Waals surface area (Å²) >= 11 is 0. The van der Waals surface area contributed by atoms with E-state index in [9.17, 15) is 0 Å². The van der Waals surface area contributed by atoms with Gasteiger partial charge in [-0.2, -0.15) is 0 Å². The monoisotopic (exact) mass is 276 g/mol. The van der Waals surface area contributed by atoms with Gasteiger partial charge in [0.25, 0.3) is 0 Å². The van der Waals surface area contributed by atoms with Crippen molar-refractivity contribution in [3.8, 4) is 0 Å². The number of benzene rings is 1. The summed E-state index contributed by atoms with van der Waals surface area (Å²) in [5.41, 5.74) is 2.74. The molecule has 0 amide bonds. The zero-order valence-electron chi connectivity index (χ0n) is 13.4. The molecule has 0 aliphatic heterocycles. The summed E-state index contributed by atoms with van der Waals surface area (Å²) in [5.74, 6) is 0.837. The lowest BCUT2D eigenvalue weighted by Gasteiger charge is -2.21. The van der Waals surface area contributed by atoms with E-state index < -0.39 is 0 Å². The van der Waals surface area contributed by atoms with Crippen LogP contribution in [0.1, 0.15) is 31.9 Å². The first kappa shape index (κ1) is 16.5. The lowest BCUT2D eigenvalue weighted by atomic mass is 10.1. The van der Waals surface area contributed by atoms with Crippen molar-refractivity contribution in [2.24, 2.45) is 4.99 Å². The van der Waals surface area contributed by atoms with E-state index in [1.165, 1.54) is 11.1 Å². The first-order valence-electron chi connectivity index (χ1n) is 7.16. The Hall–Kier alpha value is -1.55. The van der Waals surface area contributed by atoms with E-state index in [0.717, 1.165) is 25.6 Å². The van der Waals surface area contributed by atoms with Gasteiger partial charge in [-0.15, -0.1) is 0 Å². The molecule has 0 aromatic heterocycles. The van der Waals surface area contributed by atoms with Crippen molar-refractivity contribution in [1.29, 1.82) is 0 Å². The van der Waals surface area contributed by atoms with E-state index in [1.54, 1.807) is 7.05 Å². The summed E-state index contributed by atoms with van der Waals surface area (Å²) in [6.07, 6.45) is 0. The van der Waals surface area contributed by atoms with Gasteiger partial charge in [0, 0.05) is 32.2 Å². The second-order valence-electron chi connectivity index (χ2n) is 5.96. The van der Waals surface area contributed by atoms with Crippen LogP contribution in [-0.2, 0) is 6.54 Å². The number of aliphatic imine (C=N–C) groups is 1. The Bertz CT molecular complexity index is 432. The van der Waals surface area contributed by atoms with Crippen molar-refractivity contribution in [3.05, 3.63) is 35.4 Å². The van der Waals surface area contributed by atoms with Crippen LogP contribution >= 0.6 is 0 Å². The van der Waals surface area contributed by atoms with E-state index in [-0.39, 0.29) is 5.54 Å². The Morgan fingerprint density at radius 1 is 1.10 bits per heavy atom. The maximum absolute atomic E-state index is 4.23. The fraction of sp³-hybridized carbons (Fsp3) is 0.562. The highest BCUT2D eigenvalue weighted by Crippen LogP contribution is 2.05. The minimum Gasteiger partial charge on any atom is -0.355 e. The Kier molecular flexibility index (Phi) is 6.52. The molecule has 4 heteroatoms. The highest BCUT2D eigenvalue weighted by molar-refractivity contribution is 5.79. The van der Waals surface area contributed by atoms with E-state index in [2.05, 4.69) is 72.9 Å². The molecule has 20 heavy (non-hydrogen) atoms. The molecule has 4 nitrogen and oxygen atoms in total. The lowest BCUT2D eigenvalue weighted by Crippen LogP contribution is -2.44. The minimum atomic E-state index is 0.153. The summed E-state index contributed by atoms with van der Waals surface area (Å²) in [5, 5.41) is 10.1. The number of nitrogens with zero attached hydrogens (tertiary/aromatic N) is 1. The lowest BCUT2D eigenvalue weighted by molar-refractivity contribution is 0.428. The molecule has 0 saturated heterocycles. The average molecular weight is 276 g/mol. The largest absolute Gasteiger partial charge is 0.355 e. The summed E-state index contributed by atoms with van der Waals surface area (Å²) in [6.45, 7) is 11.2. The standard InChI is InChI=1S/C16H28N4/c1-13-8-6-7-9-14(13)12-19-15(17-5)18-10-11-20-16(2,3)4/h6-9,20H,10-12H2,1-5H3,(H2,17,18,19). The summed E-state index contributed by atoms with van der Waals surface area (Å²) in [6, 6.07) is 8.38. The molecular weight excluding hydrogens is 248 g/mol. The fourth-order valence-electron chi connectivity index (χ4n) is 1.83. The Morgan fingerprint density at radius 3 is 2.40 bits per heavy atom. The normalized spacial score (nSPS) is 12.3. The van der Waals surface area contributed by atoms with Crippen LogP contribution in [-0.4, -0.2) is 31.6 Å². The minimum absolute atomic E-state index is 0.153. The van der Waals surface area contributed by atoms with Crippen LogP contribution in [0.3, 0.4) is 0 Å². The third-order valence-corrected chi connectivity index (χ3v) is 3.00. The second kappa shape index (κ2) is 7.90.